The Balaban J connectivity index is 1.57. The van der Waals surface area contributed by atoms with E-state index < -0.39 is 0 Å². The molecule has 0 spiro atoms. The highest BCUT2D eigenvalue weighted by atomic mass is 16.5. The number of anilines is 1. The van der Waals surface area contributed by atoms with Gasteiger partial charge in [0.05, 0.1) is 12.6 Å². The van der Waals surface area contributed by atoms with Crippen LogP contribution in [0.15, 0.2) is 29.4 Å². The fourth-order valence-electron chi connectivity index (χ4n) is 2.46. The molecule has 1 aliphatic rings. The van der Waals surface area contributed by atoms with Crippen molar-refractivity contribution in [3.05, 3.63) is 24.4 Å². The van der Waals surface area contributed by atoms with Crippen LogP contribution in [0.5, 0.6) is 0 Å². The van der Waals surface area contributed by atoms with Gasteiger partial charge in [0.15, 0.2) is 5.96 Å². The Morgan fingerprint density at radius 2 is 2.22 bits per heavy atom. The lowest BCUT2D eigenvalue weighted by Crippen LogP contribution is -2.38. The molecule has 6 heteroatoms. The normalized spacial score (nSPS) is 18.0. The predicted molar refractivity (Wildman–Crippen MR) is 94.9 cm³/mol. The summed E-state index contributed by atoms with van der Waals surface area (Å²) in [6.07, 6.45) is 6.57. The third kappa shape index (κ3) is 7.32. The Morgan fingerprint density at radius 1 is 1.30 bits per heavy atom. The molecule has 0 amide bonds. The van der Waals surface area contributed by atoms with Crippen molar-refractivity contribution in [1.29, 1.82) is 0 Å². The number of unbranched alkanes of at least 4 members (excludes halogenated alkanes) is 1. The zero-order valence-corrected chi connectivity index (χ0v) is 14.1. The van der Waals surface area contributed by atoms with Crippen LogP contribution in [-0.4, -0.2) is 49.8 Å². The average Bonchev–Trinajstić information content (AvgIpc) is 3.10. The van der Waals surface area contributed by atoms with Gasteiger partial charge in [-0.25, -0.2) is 4.98 Å². The van der Waals surface area contributed by atoms with Crippen molar-refractivity contribution < 1.29 is 4.74 Å². The first-order valence-corrected chi connectivity index (χ1v) is 8.67. The number of rotatable bonds is 9. The Morgan fingerprint density at radius 3 is 2.96 bits per heavy atom. The highest BCUT2D eigenvalue weighted by Crippen LogP contribution is 2.11. The van der Waals surface area contributed by atoms with Crippen LogP contribution in [0.1, 0.15) is 32.6 Å². The molecular weight excluding hydrogens is 290 g/mol. The minimum Gasteiger partial charge on any atom is -0.376 e. The maximum absolute atomic E-state index is 5.60. The van der Waals surface area contributed by atoms with Gasteiger partial charge in [-0.15, -0.1) is 0 Å². The minimum absolute atomic E-state index is 0.299. The van der Waals surface area contributed by atoms with Gasteiger partial charge in [0, 0.05) is 32.4 Å². The van der Waals surface area contributed by atoms with Gasteiger partial charge < -0.3 is 20.7 Å². The van der Waals surface area contributed by atoms with Crippen LogP contribution in [0.25, 0.3) is 0 Å². The van der Waals surface area contributed by atoms with Crippen LogP contribution in [0.2, 0.25) is 0 Å². The van der Waals surface area contributed by atoms with Crippen molar-refractivity contribution in [2.45, 2.75) is 38.7 Å². The largest absolute Gasteiger partial charge is 0.376 e. The second-order valence-corrected chi connectivity index (χ2v) is 5.63. The molecule has 1 unspecified atom stereocenters. The Kier molecular flexibility index (Phi) is 8.26. The molecule has 1 atom stereocenters. The van der Waals surface area contributed by atoms with Crippen molar-refractivity contribution >= 4 is 11.8 Å². The van der Waals surface area contributed by atoms with Crippen LogP contribution in [0, 0.1) is 0 Å². The number of ether oxygens (including phenoxy) is 1. The maximum atomic E-state index is 5.60. The molecule has 128 valence electrons. The number of pyridine rings is 1. The van der Waals surface area contributed by atoms with Crippen LogP contribution in [0.3, 0.4) is 0 Å². The van der Waals surface area contributed by atoms with E-state index in [-0.39, 0.29) is 0 Å². The number of aliphatic imine (C=N–C) groups is 1. The van der Waals surface area contributed by atoms with Gasteiger partial charge >= 0.3 is 0 Å². The Bertz CT molecular complexity index is 446. The maximum Gasteiger partial charge on any atom is 0.191 e. The standard InChI is InChI=1S/C17H29N5O/c1-2-18-17(22-14-15-8-7-13-23-15)21-12-6-5-11-20-16-9-3-4-10-19-16/h3-4,9-10,15H,2,5-8,11-14H2,1H3,(H,19,20)(H2,18,21,22). The molecule has 2 heterocycles. The number of aromatic nitrogens is 1. The summed E-state index contributed by atoms with van der Waals surface area (Å²) >= 11 is 0. The Labute approximate surface area is 139 Å². The van der Waals surface area contributed by atoms with Crippen molar-refractivity contribution in [1.82, 2.24) is 15.6 Å². The number of hydrogen-bond donors (Lipinski definition) is 3. The van der Waals surface area contributed by atoms with E-state index in [1.54, 1.807) is 6.20 Å². The first-order valence-electron chi connectivity index (χ1n) is 8.67. The van der Waals surface area contributed by atoms with Gasteiger partial charge in [-0.3, -0.25) is 4.99 Å². The summed E-state index contributed by atoms with van der Waals surface area (Å²) in [6.45, 7) is 6.44. The topological polar surface area (TPSA) is 70.6 Å². The zero-order chi connectivity index (χ0) is 16.2. The molecule has 1 saturated heterocycles. The fraction of sp³-hybridized carbons (Fsp3) is 0.647. The summed E-state index contributed by atoms with van der Waals surface area (Å²) in [5, 5.41) is 9.98. The third-order valence-electron chi connectivity index (χ3n) is 3.69. The average molecular weight is 319 g/mol. The molecule has 0 radical (unpaired) electrons. The second-order valence-electron chi connectivity index (χ2n) is 5.63. The van der Waals surface area contributed by atoms with Crippen LogP contribution >= 0.6 is 0 Å². The SMILES string of the molecule is CCNC(=NCC1CCCO1)NCCCCNc1ccccn1. The summed E-state index contributed by atoms with van der Waals surface area (Å²) < 4.78 is 5.60. The zero-order valence-electron chi connectivity index (χ0n) is 14.1. The minimum atomic E-state index is 0.299. The van der Waals surface area contributed by atoms with Gasteiger partial charge in [-0.1, -0.05) is 6.07 Å². The molecule has 3 N–H and O–H groups in total. The molecule has 6 nitrogen and oxygen atoms in total. The molecular formula is C17H29N5O. The van der Waals surface area contributed by atoms with Gasteiger partial charge in [-0.05, 0) is 44.7 Å². The van der Waals surface area contributed by atoms with E-state index in [1.165, 1.54) is 0 Å². The first-order chi connectivity index (χ1) is 11.4. The van der Waals surface area contributed by atoms with Crippen molar-refractivity contribution in [2.75, 3.05) is 38.1 Å². The highest BCUT2D eigenvalue weighted by molar-refractivity contribution is 5.79. The summed E-state index contributed by atoms with van der Waals surface area (Å²) in [7, 11) is 0. The van der Waals surface area contributed by atoms with Gasteiger partial charge in [0.2, 0.25) is 0 Å². The number of hydrogen-bond acceptors (Lipinski definition) is 4. The Hall–Kier alpha value is -1.82. The monoisotopic (exact) mass is 319 g/mol. The van der Waals surface area contributed by atoms with E-state index in [9.17, 15) is 0 Å². The summed E-state index contributed by atoms with van der Waals surface area (Å²) in [5.74, 6) is 1.83. The van der Waals surface area contributed by atoms with Gasteiger partial charge in [0.25, 0.3) is 0 Å². The lowest BCUT2D eigenvalue weighted by molar-refractivity contribution is 0.117. The van der Waals surface area contributed by atoms with Crippen molar-refractivity contribution in [3.8, 4) is 0 Å². The molecule has 2 rings (SSSR count). The second kappa shape index (κ2) is 10.8. The van der Waals surface area contributed by atoms with E-state index in [0.29, 0.717) is 6.10 Å². The molecule has 1 aromatic heterocycles. The fourth-order valence-corrected chi connectivity index (χ4v) is 2.46. The number of nitrogens with zero attached hydrogens (tertiary/aromatic N) is 2. The van der Waals surface area contributed by atoms with E-state index >= 15 is 0 Å². The van der Waals surface area contributed by atoms with Crippen LogP contribution in [-0.2, 0) is 4.74 Å². The lowest BCUT2D eigenvalue weighted by atomic mass is 10.2. The first kappa shape index (κ1) is 17.5. The molecule has 0 aliphatic carbocycles. The molecule has 23 heavy (non-hydrogen) atoms. The van der Waals surface area contributed by atoms with E-state index in [0.717, 1.165) is 70.2 Å². The molecule has 1 aliphatic heterocycles. The number of guanidine groups is 1. The molecule has 0 bridgehead atoms. The van der Waals surface area contributed by atoms with E-state index in [1.807, 2.05) is 18.2 Å². The summed E-state index contributed by atoms with van der Waals surface area (Å²) in [6, 6.07) is 5.90. The third-order valence-corrected chi connectivity index (χ3v) is 3.69. The summed E-state index contributed by atoms with van der Waals surface area (Å²) in [5.41, 5.74) is 0. The van der Waals surface area contributed by atoms with Crippen molar-refractivity contribution in [3.63, 3.8) is 0 Å². The highest BCUT2D eigenvalue weighted by Gasteiger charge is 2.14. The predicted octanol–water partition coefficient (Wildman–Crippen LogP) is 2.01. The molecule has 1 fully saturated rings. The van der Waals surface area contributed by atoms with Crippen LogP contribution in [0.4, 0.5) is 5.82 Å². The molecule has 1 aromatic rings. The molecule has 0 aromatic carbocycles. The van der Waals surface area contributed by atoms with Crippen molar-refractivity contribution in [2.24, 2.45) is 4.99 Å². The molecule has 0 saturated carbocycles. The van der Waals surface area contributed by atoms with Crippen LogP contribution < -0.4 is 16.0 Å². The van der Waals surface area contributed by atoms with Gasteiger partial charge in [0.1, 0.15) is 5.82 Å². The smallest absolute Gasteiger partial charge is 0.191 e. The quantitative estimate of drug-likeness (QED) is 0.369. The van der Waals surface area contributed by atoms with E-state index in [2.05, 4.69) is 32.9 Å². The number of nitrogens with one attached hydrogen (secondary N) is 3. The van der Waals surface area contributed by atoms with Gasteiger partial charge in [-0.2, -0.15) is 0 Å². The lowest BCUT2D eigenvalue weighted by Gasteiger charge is -2.13. The van der Waals surface area contributed by atoms with E-state index in [4.69, 9.17) is 4.74 Å². The summed E-state index contributed by atoms with van der Waals surface area (Å²) in [4.78, 5) is 8.85.